The number of amides is 2. The molecule has 0 aliphatic carbocycles. The van der Waals surface area contributed by atoms with Crippen molar-refractivity contribution in [2.75, 3.05) is 12.0 Å². The van der Waals surface area contributed by atoms with Crippen LogP contribution in [0, 0.1) is 20.8 Å². The zero-order valence-corrected chi connectivity index (χ0v) is 24.1. The molecule has 1 heterocycles. The maximum absolute atomic E-state index is 14.2. The summed E-state index contributed by atoms with van der Waals surface area (Å²) in [5.41, 5.74) is 4.47. The SMILES string of the molecule is COc1ccc(C)cc1N(C(=O)Cn1nnc(-c2ccc(C)cc2)n1)[C@H](C(=O)NC(C)(C)C)c1ccc(C)cc1. The highest BCUT2D eigenvalue weighted by atomic mass is 16.5. The zero-order valence-electron chi connectivity index (χ0n) is 24.1. The maximum Gasteiger partial charge on any atom is 0.251 e. The number of anilines is 1. The molecule has 2 amide bonds. The van der Waals surface area contributed by atoms with E-state index in [0.717, 1.165) is 22.3 Å². The monoisotopic (exact) mass is 540 g/mol. The fourth-order valence-electron chi connectivity index (χ4n) is 4.34. The van der Waals surface area contributed by atoms with E-state index in [-0.39, 0.29) is 12.5 Å². The molecule has 1 aromatic heterocycles. The molecule has 1 N–H and O–H groups in total. The number of carbonyl (C=O) groups is 2. The second-order valence-electron chi connectivity index (χ2n) is 11.0. The standard InChI is InChI=1S/C31H36N6O3/c1-20-8-13-23(14-9-20)28(30(39)32-31(4,5)6)37(25-18-22(3)12-17-26(25)40-7)27(38)19-36-34-29(33-35-36)24-15-10-21(2)11-16-24/h8-18,28H,19H2,1-7H3,(H,32,39)/t28-/m0/s1. The molecule has 0 saturated carbocycles. The first-order valence-electron chi connectivity index (χ1n) is 13.2. The summed E-state index contributed by atoms with van der Waals surface area (Å²) in [4.78, 5) is 30.8. The molecule has 0 radical (unpaired) electrons. The van der Waals surface area contributed by atoms with Crippen LogP contribution in [0.15, 0.2) is 66.7 Å². The summed E-state index contributed by atoms with van der Waals surface area (Å²) in [6, 6.07) is 19.9. The van der Waals surface area contributed by atoms with Crippen molar-refractivity contribution in [2.45, 2.75) is 59.7 Å². The van der Waals surface area contributed by atoms with E-state index in [4.69, 9.17) is 4.74 Å². The Hall–Kier alpha value is -4.53. The summed E-state index contributed by atoms with van der Waals surface area (Å²) >= 11 is 0. The van der Waals surface area contributed by atoms with Crippen LogP contribution < -0.4 is 15.0 Å². The third kappa shape index (κ3) is 6.72. The predicted molar refractivity (Wildman–Crippen MR) is 155 cm³/mol. The van der Waals surface area contributed by atoms with E-state index in [1.54, 1.807) is 13.2 Å². The van der Waals surface area contributed by atoms with Crippen molar-refractivity contribution in [1.82, 2.24) is 25.5 Å². The molecule has 0 aliphatic heterocycles. The van der Waals surface area contributed by atoms with Gasteiger partial charge in [-0.1, -0.05) is 65.7 Å². The number of nitrogens with one attached hydrogen (secondary N) is 1. The highest BCUT2D eigenvalue weighted by Crippen LogP contribution is 2.36. The van der Waals surface area contributed by atoms with Crippen molar-refractivity contribution in [1.29, 1.82) is 0 Å². The van der Waals surface area contributed by atoms with E-state index in [9.17, 15) is 9.59 Å². The van der Waals surface area contributed by atoms with Gasteiger partial charge in [-0.05, 0) is 70.0 Å². The minimum absolute atomic E-state index is 0.235. The first-order valence-corrected chi connectivity index (χ1v) is 13.2. The van der Waals surface area contributed by atoms with Crippen LogP contribution in [-0.4, -0.2) is 44.7 Å². The summed E-state index contributed by atoms with van der Waals surface area (Å²) in [7, 11) is 1.54. The van der Waals surface area contributed by atoms with Gasteiger partial charge in [0.25, 0.3) is 5.91 Å². The molecule has 9 nitrogen and oxygen atoms in total. The molecule has 0 fully saturated rings. The molecule has 208 valence electrons. The van der Waals surface area contributed by atoms with Crippen molar-refractivity contribution in [3.8, 4) is 17.1 Å². The number of aromatic nitrogens is 4. The molecule has 0 saturated heterocycles. The lowest BCUT2D eigenvalue weighted by Gasteiger charge is -2.34. The largest absolute Gasteiger partial charge is 0.495 e. The van der Waals surface area contributed by atoms with E-state index < -0.39 is 17.5 Å². The minimum atomic E-state index is -0.983. The smallest absolute Gasteiger partial charge is 0.251 e. The topological polar surface area (TPSA) is 102 Å². The minimum Gasteiger partial charge on any atom is -0.495 e. The van der Waals surface area contributed by atoms with E-state index >= 15 is 0 Å². The molecule has 0 spiro atoms. The van der Waals surface area contributed by atoms with Gasteiger partial charge in [-0.2, -0.15) is 4.80 Å². The van der Waals surface area contributed by atoms with Gasteiger partial charge in [0.1, 0.15) is 18.3 Å². The molecule has 4 rings (SSSR count). The molecular formula is C31H36N6O3. The van der Waals surface area contributed by atoms with Gasteiger partial charge in [0.15, 0.2) is 0 Å². The Labute approximate surface area is 235 Å². The third-order valence-electron chi connectivity index (χ3n) is 6.30. The van der Waals surface area contributed by atoms with Gasteiger partial charge in [-0.3, -0.25) is 14.5 Å². The van der Waals surface area contributed by atoms with Crippen LogP contribution >= 0.6 is 0 Å². The second kappa shape index (κ2) is 11.7. The van der Waals surface area contributed by atoms with Gasteiger partial charge in [-0.25, -0.2) is 0 Å². The van der Waals surface area contributed by atoms with E-state index in [1.807, 2.05) is 102 Å². The highest BCUT2D eigenvalue weighted by Gasteiger charge is 2.36. The Balaban J connectivity index is 1.80. The van der Waals surface area contributed by atoms with E-state index in [2.05, 4.69) is 20.7 Å². The fourth-order valence-corrected chi connectivity index (χ4v) is 4.34. The molecule has 40 heavy (non-hydrogen) atoms. The van der Waals surface area contributed by atoms with E-state index in [0.29, 0.717) is 22.8 Å². The number of nitrogens with zero attached hydrogens (tertiary/aromatic N) is 5. The highest BCUT2D eigenvalue weighted by molar-refractivity contribution is 6.02. The average Bonchev–Trinajstić information content (AvgIpc) is 3.35. The molecular weight excluding hydrogens is 504 g/mol. The van der Waals surface area contributed by atoms with Crippen LogP contribution in [0.2, 0.25) is 0 Å². The van der Waals surface area contributed by atoms with Gasteiger partial charge >= 0.3 is 0 Å². The molecule has 3 aromatic carbocycles. The number of benzene rings is 3. The maximum atomic E-state index is 14.2. The molecule has 1 atom stereocenters. The van der Waals surface area contributed by atoms with Gasteiger partial charge in [0.2, 0.25) is 11.7 Å². The number of hydrogen-bond acceptors (Lipinski definition) is 6. The Kier molecular flexibility index (Phi) is 8.32. The summed E-state index contributed by atoms with van der Waals surface area (Å²) in [6.45, 7) is 11.4. The summed E-state index contributed by atoms with van der Waals surface area (Å²) < 4.78 is 5.66. The molecule has 9 heteroatoms. The van der Waals surface area contributed by atoms with Crippen LogP contribution in [-0.2, 0) is 16.1 Å². The number of aryl methyl sites for hydroxylation is 3. The van der Waals surface area contributed by atoms with Crippen LogP contribution in [0.25, 0.3) is 11.4 Å². The number of carbonyl (C=O) groups excluding carboxylic acids is 2. The Morgan fingerprint density at radius 1 is 0.925 bits per heavy atom. The van der Waals surface area contributed by atoms with Crippen molar-refractivity contribution >= 4 is 17.5 Å². The molecule has 0 bridgehead atoms. The lowest BCUT2D eigenvalue weighted by Crippen LogP contribution is -2.50. The molecule has 4 aromatic rings. The summed E-state index contributed by atoms with van der Waals surface area (Å²) in [5, 5.41) is 15.8. The van der Waals surface area contributed by atoms with Crippen molar-refractivity contribution in [2.24, 2.45) is 0 Å². The summed E-state index contributed by atoms with van der Waals surface area (Å²) in [5.74, 6) is 0.158. The number of tetrazole rings is 1. The van der Waals surface area contributed by atoms with Gasteiger partial charge in [0.05, 0.1) is 12.8 Å². The Bertz CT molecular complexity index is 1490. The van der Waals surface area contributed by atoms with Crippen LogP contribution in [0.4, 0.5) is 5.69 Å². The summed E-state index contributed by atoms with van der Waals surface area (Å²) in [6.07, 6.45) is 0. The lowest BCUT2D eigenvalue weighted by atomic mass is 9.99. The van der Waals surface area contributed by atoms with Crippen molar-refractivity contribution < 1.29 is 14.3 Å². The van der Waals surface area contributed by atoms with Crippen molar-refractivity contribution in [3.63, 3.8) is 0 Å². The predicted octanol–water partition coefficient (Wildman–Crippen LogP) is 4.96. The quantitative estimate of drug-likeness (QED) is 0.339. The van der Waals surface area contributed by atoms with Crippen LogP contribution in [0.1, 0.15) is 49.1 Å². The zero-order chi connectivity index (χ0) is 29.0. The van der Waals surface area contributed by atoms with E-state index in [1.165, 1.54) is 9.70 Å². The number of rotatable bonds is 8. The first kappa shape index (κ1) is 28.5. The van der Waals surface area contributed by atoms with Gasteiger partial charge in [0, 0.05) is 11.1 Å². The lowest BCUT2D eigenvalue weighted by molar-refractivity contribution is -0.128. The van der Waals surface area contributed by atoms with Crippen LogP contribution in [0.3, 0.4) is 0 Å². The Morgan fingerprint density at radius 2 is 1.52 bits per heavy atom. The average molecular weight is 541 g/mol. The second-order valence-corrected chi connectivity index (χ2v) is 11.0. The van der Waals surface area contributed by atoms with Gasteiger partial charge < -0.3 is 10.1 Å². The normalized spacial score (nSPS) is 12.1. The number of hydrogen-bond donors (Lipinski definition) is 1. The molecule has 0 aliphatic rings. The van der Waals surface area contributed by atoms with Gasteiger partial charge in [-0.15, -0.1) is 10.2 Å². The first-order chi connectivity index (χ1) is 18.9. The Morgan fingerprint density at radius 3 is 2.12 bits per heavy atom. The molecule has 0 unspecified atom stereocenters. The van der Waals surface area contributed by atoms with Crippen molar-refractivity contribution in [3.05, 3.63) is 89.0 Å². The number of methoxy groups -OCH3 is 1. The number of ether oxygens (including phenoxy) is 1. The fraction of sp³-hybridized carbons (Fsp3) is 0.323. The third-order valence-corrected chi connectivity index (χ3v) is 6.30. The van der Waals surface area contributed by atoms with Crippen LogP contribution in [0.5, 0.6) is 5.75 Å².